The Hall–Kier alpha value is -4.49. The number of rotatable bonds is 8. The van der Waals surface area contributed by atoms with E-state index in [1.807, 2.05) is 4.90 Å². The maximum absolute atomic E-state index is 16.7. The number of alkyl halides is 1. The van der Waals surface area contributed by atoms with Crippen LogP contribution < -0.4 is 8.92 Å². The van der Waals surface area contributed by atoms with Gasteiger partial charge in [-0.2, -0.15) is 18.4 Å². The lowest BCUT2D eigenvalue weighted by atomic mass is 9.94. The highest BCUT2D eigenvalue weighted by Crippen LogP contribution is 2.42. The average molecular weight is 665 g/mol. The second-order valence-corrected chi connectivity index (χ2v) is 13.7. The number of halogens is 3. The quantitative estimate of drug-likeness (QED) is 0.188. The number of aryl methyl sites for hydroxylation is 2. The Morgan fingerprint density at radius 3 is 2.66 bits per heavy atom. The predicted octanol–water partition coefficient (Wildman–Crippen LogP) is 6.42. The minimum Gasteiger partial charge on any atom is -0.508 e. The smallest absolute Gasteiger partial charge is 0.340 e. The first kappa shape index (κ1) is 31.1. The van der Waals surface area contributed by atoms with Gasteiger partial charge >= 0.3 is 16.1 Å². The first-order chi connectivity index (χ1) is 22.5. The third-order valence-electron chi connectivity index (χ3n) is 9.12. The Kier molecular flexibility index (Phi) is 7.71. The standard InChI is InChI=1S/C34H31F3N4O5S/c1-3-24-27(36)10-7-20-13-22(42)14-25(28(20)24)30-29(37)31-26(16-38-30)32(46-47(43,44)23-8-5-19(2)6-9-23)40-33(39-31)45-18-34-11-4-12-41(34)17-21(35)15-34/h5-10,13-14,16,21,42H,3-4,11-12,15,17-18H2,1-2H3/t21-,34+/m1/s1. The number of hydrogen-bond donors (Lipinski definition) is 1. The van der Waals surface area contributed by atoms with Gasteiger partial charge in [0.1, 0.15) is 40.5 Å². The summed E-state index contributed by atoms with van der Waals surface area (Å²) in [6, 6.07) is 11.1. The van der Waals surface area contributed by atoms with Gasteiger partial charge < -0.3 is 14.0 Å². The fraction of sp³-hybridized carbons (Fsp3) is 0.324. The molecule has 1 N–H and O–H groups in total. The number of nitrogens with zero attached hydrogens (tertiary/aromatic N) is 4. The van der Waals surface area contributed by atoms with Crippen LogP contribution in [0, 0.1) is 18.6 Å². The van der Waals surface area contributed by atoms with Crippen LogP contribution in [0.1, 0.15) is 37.3 Å². The molecule has 2 aliphatic rings. The molecule has 0 amide bonds. The van der Waals surface area contributed by atoms with E-state index in [-0.39, 0.29) is 64.8 Å². The number of fused-ring (bicyclic) bond motifs is 3. The maximum Gasteiger partial charge on any atom is 0.340 e. The number of ether oxygens (including phenoxy) is 1. The van der Waals surface area contributed by atoms with Crippen LogP contribution >= 0.6 is 0 Å². The van der Waals surface area contributed by atoms with Crippen molar-refractivity contribution < 1.29 is 35.6 Å². The lowest BCUT2D eigenvalue weighted by molar-refractivity contribution is 0.107. The summed E-state index contributed by atoms with van der Waals surface area (Å²) >= 11 is 0. The molecule has 13 heteroatoms. The summed E-state index contributed by atoms with van der Waals surface area (Å²) in [7, 11) is -4.44. The molecule has 3 aromatic carbocycles. The summed E-state index contributed by atoms with van der Waals surface area (Å²) < 4.78 is 84.1. The highest BCUT2D eigenvalue weighted by Gasteiger charge is 2.49. The van der Waals surface area contributed by atoms with Crippen LogP contribution in [0.2, 0.25) is 0 Å². The fourth-order valence-electron chi connectivity index (χ4n) is 6.86. The van der Waals surface area contributed by atoms with Gasteiger partial charge in [-0.1, -0.05) is 30.7 Å². The van der Waals surface area contributed by atoms with E-state index < -0.39 is 39.3 Å². The zero-order valence-electron chi connectivity index (χ0n) is 25.6. The molecule has 0 saturated carbocycles. The van der Waals surface area contributed by atoms with Crippen molar-refractivity contribution in [3.05, 3.63) is 77.5 Å². The molecule has 0 unspecified atom stereocenters. The van der Waals surface area contributed by atoms with E-state index in [0.717, 1.165) is 12.0 Å². The zero-order valence-corrected chi connectivity index (χ0v) is 26.5. The van der Waals surface area contributed by atoms with Gasteiger partial charge in [-0.05, 0) is 79.4 Å². The van der Waals surface area contributed by atoms with E-state index in [9.17, 15) is 22.3 Å². The van der Waals surface area contributed by atoms with Gasteiger partial charge in [0.15, 0.2) is 5.82 Å². The maximum atomic E-state index is 16.7. The zero-order chi connectivity index (χ0) is 33.1. The van der Waals surface area contributed by atoms with Gasteiger partial charge in [0.25, 0.3) is 0 Å². The number of benzene rings is 3. The molecule has 2 fully saturated rings. The van der Waals surface area contributed by atoms with Crippen molar-refractivity contribution in [1.82, 2.24) is 19.9 Å². The molecule has 2 atom stereocenters. The Bertz CT molecular complexity index is 2150. The Balaban J connectivity index is 1.38. The van der Waals surface area contributed by atoms with Gasteiger partial charge in [0.2, 0.25) is 5.88 Å². The van der Waals surface area contributed by atoms with Crippen molar-refractivity contribution >= 4 is 31.8 Å². The molecule has 5 aromatic rings. The van der Waals surface area contributed by atoms with Gasteiger partial charge in [0, 0.05) is 24.7 Å². The van der Waals surface area contributed by atoms with E-state index in [1.54, 1.807) is 26.0 Å². The summed E-state index contributed by atoms with van der Waals surface area (Å²) in [5.41, 5.74) is 0.0477. The first-order valence-electron chi connectivity index (χ1n) is 15.3. The molecule has 2 saturated heterocycles. The van der Waals surface area contributed by atoms with E-state index in [1.165, 1.54) is 42.6 Å². The van der Waals surface area contributed by atoms with Crippen LogP contribution in [-0.4, -0.2) is 64.8 Å². The molecule has 2 aliphatic heterocycles. The third kappa shape index (κ3) is 5.50. The largest absolute Gasteiger partial charge is 0.508 e. The lowest BCUT2D eigenvalue weighted by Gasteiger charge is -2.30. The van der Waals surface area contributed by atoms with Crippen molar-refractivity contribution in [1.29, 1.82) is 0 Å². The van der Waals surface area contributed by atoms with Crippen LogP contribution in [0.5, 0.6) is 17.6 Å². The number of aromatic nitrogens is 3. The van der Waals surface area contributed by atoms with Crippen LogP contribution in [0.15, 0.2) is 59.6 Å². The van der Waals surface area contributed by atoms with E-state index in [2.05, 4.69) is 15.0 Å². The van der Waals surface area contributed by atoms with Crippen molar-refractivity contribution in [3.63, 3.8) is 0 Å². The van der Waals surface area contributed by atoms with Crippen molar-refractivity contribution in [2.45, 2.75) is 56.1 Å². The topological polar surface area (TPSA) is 115 Å². The Morgan fingerprint density at radius 2 is 1.89 bits per heavy atom. The molecule has 9 nitrogen and oxygen atoms in total. The van der Waals surface area contributed by atoms with E-state index >= 15 is 4.39 Å². The summed E-state index contributed by atoms with van der Waals surface area (Å²) in [5.74, 6) is -2.19. The first-order valence-corrected chi connectivity index (χ1v) is 16.7. The number of phenolic OH excluding ortho intramolecular Hbond substituents is 1. The summed E-state index contributed by atoms with van der Waals surface area (Å²) in [5, 5.41) is 11.2. The number of phenols is 1. The van der Waals surface area contributed by atoms with Crippen LogP contribution in [0.4, 0.5) is 13.2 Å². The van der Waals surface area contributed by atoms with Crippen LogP contribution in [-0.2, 0) is 16.5 Å². The molecule has 2 aromatic heterocycles. The molecule has 244 valence electrons. The number of pyridine rings is 1. The fourth-order valence-corrected chi connectivity index (χ4v) is 7.76. The predicted molar refractivity (Wildman–Crippen MR) is 169 cm³/mol. The van der Waals surface area contributed by atoms with Crippen molar-refractivity contribution in [2.75, 3.05) is 19.7 Å². The molecular formula is C34H31F3N4O5S. The molecular weight excluding hydrogens is 633 g/mol. The van der Waals surface area contributed by atoms with E-state index in [4.69, 9.17) is 8.92 Å². The molecule has 0 radical (unpaired) electrons. The Labute approximate surface area is 269 Å². The second kappa shape index (κ2) is 11.6. The monoisotopic (exact) mass is 664 g/mol. The lowest BCUT2D eigenvalue weighted by Crippen LogP contribution is -2.43. The summed E-state index contributed by atoms with van der Waals surface area (Å²) in [4.78, 5) is 14.7. The average Bonchev–Trinajstić information content (AvgIpc) is 3.56. The van der Waals surface area contributed by atoms with Crippen LogP contribution in [0.3, 0.4) is 0 Å². The minimum atomic E-state index is -4.44. The number of hydrogen-bond acceptors (Lipinski definition) is 9. The van der Waals surface area contributed by atoms with Crippen molar-refractivity contribution in [3.8, 4) is 28.9 Å². The number of aromatic hydroxyl groups is 1. The van der Waals surface area contributed by atoms with Gasteiger partial charge in [-0.15, -0.1) is 0 Å². The minimum absolute atomic E-state index is 0.00102. The highest BCUT2D eigenvalue weighted by atomic mass is 32.2. The highest BCUT2D eigenvalue weighted by molar-refractivity contribution is 7.87. The third-order valence-corrected chi connectivity index (χ3v) is 10.3. The molecule has 0 spiro atoms. The van der Waals surface area contributed by atoms with E-state index in [0.29, 0.717) is 29.3 Å². The Morgan fingerprint density at radius 1 is 1.11 bits per heavy atom. The van der Waals surface area contributed by atoms with Gasteiger partial charge in [0.05, 0.1) is 10.9 Å². The van der Waals surface area contributed by atoms with Crippen LogP contribution in [0.25, 0.3) is 32.9 Å². The second-order valence-electron chi connectivity index (χ2n) is 12.2. The SMILES string of the molecule is CCc1c(F)ccc2cc(O)cc(-c3ncc4c(OS(=O)(=O)c5ccc(C)cc5)nc(OC[C@@]56CCCN5C[C@H](F)C6)nc4c3F)c12. The molecule has 7 rings (SSSR count). The summed E-state index contributed by atoms with van der Waals surface area (Å²) in [6.45, 7) is 4.56. The normalized spacial score (nSPS) is 19.8. The molecule has 0 bridgehead atoms. The van der Waals surface area contributed by atoms with Gasteiger partial charge in [-0.25, -0.2) is 13.2 Å². The van der Waals surface area contributed by atoms with Gasteiger partial charge in [-0.3, -0.25) is 9.88 Å². The molecule has 0 aliphatic carbocycles. The van der Waals surface area contributed by atoms with Crippen molar-refractivity contribution in [2.24, 2.45) is 0 Å². The summed E-state index contributed by atoms with van der Waals surface area (Å²) in [6.07, 6.45) is 2.24. The molecule has 4 heterocycles. The molecule has 47 heavy (non-hydrogen) atoms.